The Labute approximate surface area is 87.4 Å². The molecule has 0 aliphatic heterocycles. The Morgan fingerprint density at radius 3 is 2.71 bits per heavy atom. The summed E-state index contributed by atoms with van der Waals surface area (Å²) >= 11 is 0. The maximum atomic E-state index is 5.54. The van der Waals surface area contributed by atoms with Crippen molar-refractivity contribution in [3.8, 4) is 0 Å². The monoisotopic (exact) mass is 197 g/mol. The van der Waals surface area contributed by atoms with Crippen LogP contribution in [0.5, 0.6) is 0 Å². The summed E-state index contributed by atoms with van der Waals surface area (Å²) in [6.45, 7) is 3.83. The molecule has 82 valence electrons. The van der Waals surface area contributed by atoms with E-state index in [9.17, 15) is 0 Å². The fraction of sp³-hybridized carbons (Fsp3) is 1.00. The van der Waals surface area contributed by atoms with Gasteiger partial charge in [0.15, 0.2) is 0 Å². The minimum atomic E-state index is 0.602. The van der Waals surface area contributed by atoms with E-state index in [4.69, 9.17) is 4.74 Å². The van der Waals surface area contributed by atoms with Crippen molar-refractivity contribution < 1.29 is 4.74 Å². The smallest absolute Gasteiger partial charge is 0.0622 e. The number of ether oxygens (including phenoxy) is 1. The first kappa shape index (κ1) is 10.4. The van der Waals surface area contributed by atoms with Crippen LogP contribution in [0.4, 0.5) is 0 Å². The molecule has 2 bridgehead atoms. The van der Waals surface area contributed by atoms with Crippen LogP contribution in [0.2, 0.25) is 0 Å². The average Bonchev–Trinajstić information content (AvgIpc) is 2.80. The molecule has 0 amide bonds. The van der Waals surface area contributed by atoms with Gasteiger partial charge in [0.2, 0.25) is 0 Å². The van der Waals surface area contributed by atoms with Crippen LogP contribution in [0.25, 0.3) is 0 Å². The molecule has 2 saturated carbocycles. The Bertz CT molecular complexity index is 183. The van der Waals surface area contributed by atoms with Gasteiger partial charge in [0.05, 0.1) is 6.61 Å². The Morgan fingerprint density at radius 1 is 1.36 bits per heavy atom. The van der Waals surface area contributed by atoms with Crippen LogP contribution in [0.1, 0.15) is 32.6 Å². The highest BCUT2D eigenvalue weighted by atomic mass is 16.5. The van der Waals surface area contributed by atoms with E-state index in [1.807, 2.05) is 0 Å². The van der Waals surface area contributed by atoms with Gasteiger partial charge in [-0.15, -0.1) is 0 Å². The fourth-order valence-electron chi connectivity index (χ4n) is 3.45. The second kappa shape index (κ2) is 4.63. The Morgan fingerprint density at radius 2 is 2.21 bits per heavy atom. The molecule has 0 heterocycles. The lowest BCUT2D eigenvalue weighted by Crippen LogP contribution is -2.40. The lowest BCUT2D eigenvalue weighted by atomic mass is 9.83. The van der Waals surface area contributed by atoms with Crippen molar-refractivity contribution in [2.75, 3.05) is 20.3 Å². The number of fused-ring (bicyclic) bond motifs is 2. The van der Waals surface area contributed by atoms with Crippen LogP contribution in [0.15, 0.2) is 0 Å². The van der Waals surface area contributed by atoms with E-state index in [2.05, 4.69) is 19.3 Å². The van der Waals surface area contributed by atoms with E-state index in [0.717, 1.165) is 31.0 Å². The van der Waals surface area contributed by atoms with Gasteiger partial charge >= 0.3 is 0 Å². The highest BCUT2D eigenvalue weighted by Gasteiger charge is 2.42. The summed E-state index contributed by atoms with van der Waals surface area (Å²) in [5.41, 5.74) is 0. The van der Waals surface area contributed by atoms with Crippen LogP contribution in [0.3, 0.4) is 0 Å². The third-order valence-electron chi connectivity index (χ3n) is 4.18. The molecule has 0 aromatic heterocycles. The largest absolute Gasteiger partial charge is 0.380 e. The second-order valence-corrected chi connectivity index (χ2v) is 4.89. The number of hydrogen-bond donors (Lipinski definition) is 1. The lowest BCUT2D eigenvalue weighted by molar-refractivity contribution is 0.0916. The number of rotatable bonds is 5. The fourth-order valence-corrected chi connectivity index (χ4v) is 3.45. The van der Waals surface area contributed by atoms with E-state index in [-0.39, 0.29) is 0 Å². The van der Waals surface area contributed by atoms with Crippen molar-refractivity contribution in [3.05, 3.63) is 0 Å². The molecule has 4 atom stereocenters. The van der Waals surface area contributed by atoms with Gasteiger partial charge in [0.25, 0.3) is 0 Å². The summed E-state index contributed by atoms with van der Waals surface area (Å²) in [6.07, 6.45) is 5.91. The summed E-state index contributed by atoms with van der Waals surface area (Å²) in [4.78, 5) is 0. The maximum absolute atomic E-state index is 5.54. The summed E-state index contributed by atoms with van der Waals surface area (Å²) in [5.74, 6) is 2.94. The van der Waals surface area contributed by atoms with E-state index in [0.29, 0.717) is 6.04 Å². The van der Waals surface area contributed by atoms with Gasteiger partial charge < -0.3 is 10.1 Å². The van der Waals surface area contributed by atoms with Gasteiger partial charge in [-0.25, -0.2) is 0 Å². The molecule has 1 N–H and O–H groups in total. The maximum Gasteiger partial charge on any atom is 0.0622 e. The SMILES string of the molecule is CCOCC(NC)C1CC2CCC1C2. The Hall–Kier alpha value is -0.0800. The minimum Gasteiger partial charge on any atom is -0.380 e. The van der Waals surface area contributed by atoms with Gasteiger partial charge in [-0.2, -0.15) is 0 Å². The molecular weight excluding hydrogens is 174 g/mol. The molecule has 0 spiro atoms. The first-order valence-electron chi connectivity index (χ1n) is 6.10. The topological polar surface area (TPSA) is 21.3 Å². The number of hydrogen-bond acceptors (Lipinski definition) is 2. The van der Waals surface area contributed by atoms with Gasteiger partial charge in [-0.05, 0) is 51.0 Å². The summed E-state index contributed by atoms with van der Waals surface area (Å²) in [6, 6.07) is 0.602. The zero-order valence-electron chi connectivity index (χ0n) is 9.46. The molecule has 0 saturated heterocycles. The molecule has 2 heteroatoms. The zero-order chi connectivity index (χ0) is 9.97. The highest BCUT2D eigenvalue weighted by Crippen LogP contribution is 2.49. The molecule has 2 fully saturated rings. The van der Waals surface area contributed by atoms with Crippen LogP contribution in [-0.4, -0.2) is 26.3 Å². The predicted octanol–water partition coefficient (Wildman–Crippen LogP) is 2.05. The molecular formula is C12H23NO. The summed E-state index contributed by atoms with van der Waals surface area (Å²) in [5, 5.41) is 3.44. The van der Waals surface area contributed by atoms with Crippen molar-refractivity contribution in [1.82, 2.24) is 5.32 Å². The molecule has 0 aromatic rings. The Kier molecular flexibility index (Phi) is 3.45. The van der Waals surface area contributed by atoms with Gasteiger partial charge in [-0.1, -0.05) is 6.42 Å². The molecule has 4 unspecified atom stereocenters. The predicted molar refractivity (Wildman–Crippen MR) is 58.3 cm³/mol. The molecule has 14 heavy (non-hydrogen) atoms. The number of nitrogens with one attached hydrogen (secondary N) is 1. The van der Waals surface area contributed by atoms with Crippen LogP contribution in [-0.2, 0) is 4.74 Å². The third kappa shape index (κ3) is 1.96. The first-order valence-corrected chi connectivity index (χ1v) is 6.10. The van der Waals surface area contributed by atoms with Crippen molar-refractivity contribution in [2.45, 2.75) is 38.6 Å². The molecule has 2 aliphatic carbocycles. The van der Waals surface area contributed by atoms with Crippen molar-refractivity contribution in [1.29, 1.82) is 0 Å². The van der Waals surface area contributed by atoms with Crippen LogP contribution >= 0.6 is 0 Å². The average molecular weight is 197 g/mol. The molecule has 0 aromatic carbocycles. The lowest BCUT2D eigenvalue weighted by Gasteiger charge is -2.30. The van der Waals surface area contributed by atoms with E-state index < -0.39 is 0 Å². The minimum absolute atomic E-state index is 0.602. The molecule has 2 aliphatic rings. The quantitative estimate of drug-likeness (QED) is 0.728. The first-order chi connectivity index (χ1) is 6.85. The van der Waals surface area contributed by atoms with E-state index in [1.54, 1.807) is 0 Å². The van der Waals surface area contributed by atoms with Crippen molar-refractivity contribution in [3.63, 3.8) is 0 Å². The summed E-state index contributed by atoms with van der Waals surface area (Å²) < 4.78 is 5.54. The zero-order valence-corrected chi connectivity index (χ0v) is 9.46. The second-order valence-electron chi connectivity index (χ2n) is 4.89. The summed E-state index contributed by atoms with van der Waals surface area (Å²) in [7, 11) is 2.08. The number of likely N-dealkylation sites (N-methyl/N-ethyl adjacent to an activating group) is 1. The standard InChI is InChI=1S/C12H23NO/c1-3-14-8-12(13-2)11-7-9-4-5-10(11)6-9/h9-13H,3-8H2,1-2H3. The van der Waals surface area contributed by atoms with Gasteiger partial charge in [0.1, 0.15) is 0 Å². The van der Waals surface area contributed by atoms with E-state index >= 15 is 0 Å². The highest BCUT2D eigenvalue weighted by molar-refractivity contribution is 4.94. The Balaban J connectivity index is 1.85. The van der Waals surface area contributed by atoms with Crippen molar-refractivity contribution >= 4 is 0 Å². The van der Waals surface area contributed by atoms with Crippen LogP contribution in [0, 0.1) is 17.8 Å². The van der Waals surface area contributed by atoms with Gasteiger partial charge in [0, 0.05) is 12.6 Å². The molecule has 2 nitrogen and oxygen atoms in total. The van der Waals surface area contributed by atoms with Crippen LogP contribution < -0.4 is 5.32 Å². The van der Waals surface area contributed by atoms with Crippen molar-refractivity contribution in [2.24, 2.45) is 17.8 Å². The molecule has 0 radical (unpaired) electrons. The normalized spacial score (nSPS) is 37.7. The molecule has 2 rings (SSSR count). The van der Waals surface area contributed by atoms with Gasteiger partial charge in [-0.3, -0.25) is 0 Å². The third-order valence-corrected chi connectivity index (χ3v) is 4.18. The van der Waals surface area contributed by atoms with E-state index in [1.165, 1.54) is 25.7 Å².